The Labute approximate surface area is 93.6 Å². The van der Waals surface area contributed by atoms with Crippen molar-refractivity contribution in [3.05, 3.63) is 11.6 Å². The van der Waals surface area contributed by atoms with Crippen LogP contribution in [0.5, 0.6) is 0 Å². The zero-order chi connectivity index (χ0) is 10.7. The Morgan fingerprint density at radius 1 is 1.07 bits per heavy atom. The van der Waals surface area contributed by atoms with E-state index in [9.17, 15) is 0 Å². The van der Waals surface area contributed by atoms with Crippen molar-refractivity contribution in [1.29, 1.82) is 0 Å². The van der Waals surface area contributed by atoms with E-state index >= 15 is 0 Å². The highest BCUT2D eigenvalue weighted by Crippen LogP contribution is 2.15. The summed E-state index contributed by atoms with van der Waals surface area (Å²) in [6, 6.07) is 0. The quantitative estimate of drug-likeness (QED) is 0.656. The van der Waals surface area contributed by atoms with Crippen molar-refractivity contribution in [2.24, 2.45) is 10.3 Å². The van der Waals surface area contributed by atoms with Crippen LogP contribution < -0.4 is 5.43 Å². The maximum Gasteiger partial charge on any atom is 0.251 e. The standard InChI is InChI=1S/C6H7N7S2/c1-3-7-5(14-11-3)9-13-10-6-8-4(2)12-15-6/h1-2H3,(H,7,8,9,10,11,12). The van der Waals surface area contributed by atoms with E-state index in [-0.39, 0.29) is 0 Å². The lowest BCUT2D eigenvalue weighted by Gasteiger charge is -1.87. The van der Waals surface area contributed by atoms with Gasteiger partial charge in [0.1, 0.15) is 11.6 Å². The summed E-state index contributed by atoms with van der Waals surface area (Å²) in [5, 5.41) is 8.68. The van der Waals surface area contributed by atoms with Crippen LogP contribution in [0.25, 0.3) is 0 Å². The molecule has 0 unspecified atom stereocenters. The average Bonchev–Trinajstić information content (AvgIpc) is 2.76. The van der Waals surface area contributed by atoms with Gasteiger partial charge in [-0.15, -0.1) is 0 Å². The van der Waals surface area contributed by atoms with Gasteiger partial charge in [0, 0.05) is 23.1 Å². The lowest BCUT2D eigenvalue weighted by Crippen LogP contribution is -1.84. The Hall–Kier alpha value is -1.48. The summed E-state index contributed by atoms with van der Waals surface area (Å²) in [6.45, 7) is 3.62. The minimum absolute atomic E-state index is 0.515. The van der Waals surface area contributed by atoms with Crippen molar-refractivity contribution >= 4 is 33.3 Å². The van der Waals surface area contributed by atoms with Crippen LogP contribution in [0, 0.1) is 13.8 Å². The van der Waals surface area contributed by atoms with Crippen LogP contribution in [-0.2, 0) is 0 Å². The number of rotatable bonds is 3. The minimum atomic E-state index is 0.515. The summed E-state index contributed by atoms with van der Waals surface area (Å²) in [5.74, 6) is 1.41. The molecule has 0 radical (unpaired) electrons. The molecule has 1 N–H and O–H groups in total. The van der Waals surface area contributed by atoms with Crippen molar-refractivity contribution in [2.75, 3.05) is 5.43 Å². The highest BCUT2D eigenvalue weighted by atomic mass is 32.1. The molecule has 0 saturated carbocycles. The number of nitrogens with one attached hydrogen (secondary N) is 1. The monoisotopic (exact) mass is 241 g/mol. The second-order valence-electron chi connectivity index (χ2n) is 2.58. The van der Waals surface area contributed by atoms with Crippen LogP contribution in [0.2, 0.25) is 0 Å². The number of aromatic nitrogens is 4. The molecule has 2 aromatic heterocycles. The van der Waals surface area contributed by atoms with Crippen LogP contribution in [-0.4, -0.2) is 18.7 Å². The third-order valence-electron chi connectivity index (χ3n) is 1.33. The van der Waals surface area contributed by atoms with Gasteiger partial charge in [-0.3, -0.25) is 0 Å². The van der Waals surface area contributed by atoms with E-state index in [0.29, 0.717) is 21.9 Å². The van der Waals surface area contributed by atoms with Gasteiger partial charge >= 0.3 is 0 Å². The highest BCUT2D eigenvalue weighted by molar-refractivity contribution is 7.09. The Morgan fingerprint density at radius 3 is 2.40 bits per heavy atom. The molecule has 0 aliphatic rings. The molecule has 0 spiro atoms. The zero-order valence-electron chi connectivity index (χ0n) is 8.00. The highest BCUT2D eigenvalue weighted by Gasteiger charge is 1.98. The van der Waals surface area contributed by atoms with Gasteiger partial charge < -0.3 is 0 Å². The maximum atomic E-state index is 4.06. The maximum absolute atomic E-state index is 4.06. The van der Waals surface area contributed by atoms with Gasteiger partial charge in [-0.05, 0) is 13.8 Å². The SMILES string of the molecule is Cc1nsc(N=NNc2nc(C)ns2)n1. The molecular weight excluding hydrogens is 234 g/mol. The van der Waals surface area contributed by atoms with E-state index in [1.807, 2.05) is 6.92 Å². The first-order chi connectivity index (χ1) is 7.24. The van der Waals surface area contributed by atoms with Gasteiger partial charge in [-0.1, -0.05) is 10.3 Å². The zero-order valence-corrected chi connectivity index (χ0v) is 9.63. The van der Waals surface area contributed by atoms with Crippen LogP contribution in [0.4, 0.5) is 10.3 Å². The van der Waals surface area contributed by atoms with E-state index in [0.717, 1.165) is 0 Å². The van der Waals surface area contributed by atoms with Gasteiger partial charge in [-0.2, -0.15) is 8.75 Å². The van der Waals surface area contributed by atoms with E-state index < -0.39 is 0 Å². The second-order valence-corrected chi connectivity index (χ2v) is 4.06. The van der Waals surface area contributed by atoms with Crippen LogP contribution in [0.15, 0.2) is 10.3 Å². The van der Waals surface area contributed by atoms with Crippen LogP contribution in [0.1, 0.15) is 11.6 Å². The Kier molecular flexibility index (Phi) is 2.92. The molecule has 0 aliphatic carbocycles. The summed E-state index contributed by atoms with van der Waals surface area (Å²) >= 11 is 2.43. The molecule has 2 rings (SSSR count). The number of anilines is 1. The topological polar surface area (TPSA) is 88.3 Å². The molecule has 15 heavy (non-hydrogen) atoms. The van der Waals surface area contributed by atoms with Gasteiger partial charge in [-0.25, -0.2) is 15.4 Å². The van der Waals surface area contributed by atoms with E-state index in [1.165, 1.54) is 23.1 Å². The molecule has 0 aliphatic heterocycles. The first kappa shape index (κ1) is 10.1. The Morgan fingerprint density at radius 2 is 1.80 bits per heavy atom. The first-order valence-corrected chi connectivity index (χ1v) is 5.56. The van der Waals surface area contributed by atoms with Gasteiger partial charge in [0.25, 0.3) is 5.13 Å². The third-order valence-corrected chi connectivity index (χ3v) is 2.73. The normalized spacial score (nSPS) is 11.1. The van der Waals surface area contributed by atoms with Crippen molar-refractivity contribution in [1.82, 2.24) is 18.7 Å². The minimum Gasteiger partial charge on any atom is -0.232 e. The predicted molar refractivity (Wildman–Crippen MR) is 57.4 cm³/mol. The molecule has 0 atom stereocenters. The molecule has 0 aromatic carbocycles. The summed E-state index contributed by atoms with van der Waals surface area (Å²) < 4.78 is 7.96. The number of nitrogens with zero attached hydrogens (tertiary/aromatic N) is 6. The number of aryl methyl sites for hydroxylation is 2. The third kappa shape index (κ3) is 2.73. The lowest BCUT2D eigenvalue weighted by molar-refractivity contribution is 1.07. The molecule has 0 saturated heterocycles. The summed E-state index contributed by atoms with van der Waals surface area (Å²) in [7, 11) is 0. The number of hydrogen-bond acceptors (Lipinski definition) is 8. The molecule has 78 valence electrons. The van der Waals surface area contributed by atoms with Crippen molar-refractivity contribution in [3.63, 3.8) is 0 Å². The average molecular weight is 241 g/mol. The largest absolute Gasteiger partial charge is 0.251 e. The van der Waals surface area contributed by atoms with E-state index in [2.05, 4.69) is 34.5 Å². The molecule has 2 aromatic rings. The summed E-state index contributed by atoms with van der Waals surface area (Å²) in [5.41, 5.74) is 2.67. The van der Waals surface area contributed by atoms with Crippen LogP contribution in [0.3, 0.4) is 0 Å². The number of hydrogen-bond donors (Lipinski definition) is 1. The molecule has 0 bridgehead atoms. The smallest absolute Gasteiger partial charge is 0.232 e. The molecular formula is C6H7N7S2. The van der Waals surface area contributed by atoms with Crippen molar-refractivity contribution < 1.29 is 0 Å². The van der Waals surface area contributed by atoms with Crippen molar-refractivity contribution in [2.45, 2.75) is 13.8 Å². The predicted octanol–water partition coefficient (Wildman–Crippen LogP) is 2.12. The fourth-order valence-electron chi connectivity index (χ4n) is 0.780. The van der Waals surface area contributed by atoms with Gasteiger partial charge in [0.2, 0.25) is 5.13 Å². The van der Waals surface area contributed by atoms with Gasteiger partial charge in [0.15, 0.2) is 0 Å². The Balaban J connectivity index is 1.96. The molecule has 0 amide bonds. The molecule has 0 fully saturated rings. The molecule has 2 heterocycles. The van der Waals surface area contributed by atoms with E-state index in [1.54, 1.807) is 6.92 Å². The molecule has 7 nitrogen and oxygen atoms in total. The van der Waals surface area contributed by atoms with E-state index in [4.69, 9.17) is 0 Å². The first-order valence-electron chi connectivity index (χ1n) is 4.01. The van der Waals surface area contributed by atoms with Gasteiger partial charge in [0.05, 0.1) is 0 Å². The Bertz CT molecular complexity index is 473. The fraction of sp³-hybridized carbons (Fsp3) is 0.333. The summed E-state index contributed by atoms with van der Waals surface area (Å²) in [6.07, 6.45) is 0. The second kappa shape index (κ2) is 4.36. The summed E-state index contributed by atoms with van der Waals surface area (Å²) in [4.78, 5) is 8.08. The lowest BCUT2D eigenvalue weighted by atomic mass is 10.7. The van der Waals surface area contributed by atoms with Crippen LogP contribution >= 0.6 is 23.1 Å². The molecule has 9 heteroatoms. The van der Waals surface area contributed by atoms with Crippen molar-refractivity contribution in [3.8, 4) is 0 Å². The fourth-order valence-corrected chi connectivity index (χ4v) is 1.80.